The average molecular weight is 267 g/mol. The molecular weight excluding hydrogens is 246 g/mol. The maximum absolute atomic E-state index is 11.4. The summed E-state index contributed by atoms with van der Waals surface area (Å²) in [5.74, 6) is 0.448. The Balaban J connectivity index is 2.00. The smallest absolute Gasteiger partial charge is 0.323 e. The molecule has 1 N–H and O–H groups in total. The molecule has 1 aromatic rings. The molecule has 0 aromatic carbocycles. The molecule has 0 aliphatic carbocycles. The molecule has 6 nitrogen and oxygen atoms in total. The van der Waals surface area contributed by atoms with Crippen LogP contribution >= 0.6 is 0 Å². The number of unbranched alkanes of at least 4 members (excludes halogenated alkanes) is 1. The van der Waals surface area contributed by atoms with Crippen molar-refractivity contribution < 1.29 is 14.4 Å². The van der Waals surface area contributed by atoms with Crippen LogP contribution in [-0.2, 0) is 17.8 Å². The number of carboxylic acid groups (broad SMARTS) is 1. The normalized spacial score (nSPS) is 23.9. The van der Waals surface area contributed by atoms with E-state index in [1.165, 1.54) is 0 Å². The highest BCUT2D eigenvalue weighted by Gasteiger charge is 2.43. The highest BCUT2D eigenvalue weighted by Crippen LogP contribution is 2.30. The molecule has 1 fully saturated rings. The van der Waals surface area contributed by atoms with Crippen LogP contribution < -0.4 is 0 Å². The zero-order valence-electron chi connectivity index (χ0n) is 11.6. The summed E-state index contributed by atoms with van der Waals surface area (Å²) in [7, 11) is 0. The molecule has 2 rings (SSSR count). The number of carboxylic acids is 1. The number of hydrogen-bond donors (Lipinski definition) is 1. The van der Waals surface area contributed by atoms with Crippen LogP contribution in [0.4, 0.5) is 0 Å². The fourth-order valence-electron chi connectivity index (χ4n) is 2.47. The van der Waals surface area contributed by atoms with E-state index < -0.39 is 11.5 Å². The molecular formula is C13H21N3O3. The molecule has 1 aliphatic heterocycles. The Morgan fingerprint density at radius 3 is 3.05 bits per heavy atom. The maximum Gasteiger partial charge on any atom is 0.323 e. The van der Waals surface area contributed by atoms with Gasteiger partial charge in [0.2, 0.25) is 5.89 Å². The van der Waals surface area contributed by atoms with Crippen molar-refractivity contribution in [3.05, 3.63) is 11.7 Å². The molecule has 0 saturated carbocycles. The number of aromatic nitrogens is 2. The molecule has 6 heteroatoms. The molecule has 1 unspecified atom stereocenters. The number of aryl methyl sites for hydroxylation is 1. The second-order valence-corrected chi connectivity index (χ2v) is 5.31. The molecule has 0 radical (unpaired) electrons. The van der Waals surface area contributed by atoms with E-state index in [1.54, 1.807) is 6.92 Å². The van der Waals surface area contributed by atoms with Crippen molar-refractivity contribution in [3.8, 4) is 0 Å². The Bertz CT molecular complexity index is 446. The third-order valence-corrected chi connectivity index (χ3v) is 3.84. The first-order chi connectivity index (χ1) is 9.06. The van der Waals surface area contributed by atoms with Crippen molar-refractivity contribution in [2.24, 2.45) is 0 Å². The summed E-state index contributed by atoms with van der Waals surface area (Å²) >= 11 is 0. The van der Waals surface area contributed by atoms with Gasteiger partial charge >= 0.3 is 5.97 Å². The van der Waals surface area contributed by atoms with E-state index in [2.05, 4.69) is 17.1 Å². The van der Waals surface area contributed by atoms with Crippen LogP contribution in [0.5, 0.6) is 0 Å². The third-order valence-electron chi connectivity index (χ3n) is 3.84. The molecule has 0 amide bonds. The van der Waals surface area contributed by atoms with Gasteiger partial charge in [0.05, 0.1) is 6.54 Å². The summed E-state index contributed by atoms with van der Waals surface area (Å²) in [5, 5.41) is 13.3. The lowest BCUT2D eigenvalue weighted by atomic mass is 9.99. The van der Waals surface area contributed by atoms with Gasteiger partial charge in [0.15, 0.2) is 5.82 Å². The minimum absolute atomic E-state index is 0.419. The van der Waals surface area contributed by atoms with E-state index in [4.69, 9.17) is 4.52 Å². The van der Waals surface area contributed by atoms with Gasteiger partial charge in [-0.15, -0.1) is 0 Å². The molecule has 2 heterocycles. The summed E-state index contributed by atoms with van der Waals surface area (Å²) in [6.45, 7) is 5.05. The zero-order valence-corrected chi connectivity index (χ0v) is 11.6. The van der Waals surface area contributed by atoms with Crippen molar-refractivity contribution in [2.45, 2.75) is 58.0 Å². The zero-order chi connectivity index (χ0) is 13.9. The molecule has 106 valence electrons. The third kappa shape index (κ3) is 2.94. The first-order valence-corrected chi connectivity index (χ1v) is 6.86. The molecule has 1 aliphatic rings. The Kier molecular flexibility index (Phi) is 4.19. The summed E-state index contributed by atoms with van der Waals surface area (Å²) in [5.41, 5.74) is -0.807. The largest absolute Gasteiger partial charge is 0.480 e. The van der Waals surface area contributed by atoms with Crippen LogP contribution in [0.25, 0.3) is 0 Å². The minimum atomic E-state index is -0.807. The first kappa shape index (κ1) is 14.0. The quantitative estimate of drug-likeness (QED) is 0.847. The lowest BCUT2D eigenvalue weighted by Crippen LogP contribution is -2.47. The van der Waals surface area contributed by atoms with Gasteiger partial charge in [-0.25, -0.2) is 0 Å². The number of hydrogen-bond acceptors (Lipinski definition) is 5. The highest BCUT2D eigenvalue weighted by molar-refractivity contribution is 5.78. The SMILES string of the molecule is CCCCc1noc(CN2CCCC2(C)C(=O)O)n1. The van der Waals surface area contributed by atoms with Crippen LogP contribution in [0.3, 0.4) is 0 Å². The van der Waals surface area contributed by atoms with Crippen LogP contribution in [0.15, 0.2) is 4.52 Å². The summed E-state index contributed by atoms with van der Waals surface area (Å²) in [4.78, 5) is 17.6. The van der Waals surface area contributed by atoms with E-state index in [0.29, 0.717) is 24.7 Å². The summed E-state index contributed by atoms with van der Waals surface area (Å²) in [6, 6.07) is 0. The highest BCUT2D eigenvalue weighted by atomic mass is 16.5. The van der Waals surface area contributed by atoms with Crippen LogP contribution in [-0.4, -0.2) is 38.2 Å². The topological polar surface area (TPSA) is 79.5 Å². The average Bonchev–Trinajstić information content (AvgIpc) is 2.96. The predicted molar refractivity (Wildman–Crippen MR) is 68.6 cm³/mol. The molecule has 0 spiro atoms. The van der Waals surface area contributed by atoms with E-state index in [-0.39, 0.29) is 0 Å². The van der Waals surface area contributed by atoms with Gasteiger partial charge in [-0.1, -0.05) is 18.5 Å². The Hall–Kier alpha value is -1.43. The lowest BCUT2D eigenvalue weighted by molar-refractivity contribution is -0.149. The van der Waals surface area contributed by atoms with E-state index in [1.807, 2.05) is 4.90 Å². The second-order valence-electron chi connectivity index (χ2n) is 5.31. The van der Waals surface area contributed by atoms with Gasteiger partial charge in [-0.05, 0) is 32.7 Å². The monoisotopic (exact) mass is 267 g/mol. The maximum atomic E-state index is 11.4. The van der Waals surface area contributed by atoms with Crippen molar-refractivity contribution in [2.75, 3.05) is 6.54 Å². The molecule has 1 saturated heterocycles. The number of likely N-dealkylation sites (tertiary alicyclic amines) is 1. The van der Waals surface area contributed by atoms with Crippen molar-refractivity contribution in [3.63, 3.8) is 0 Å². The van der Waals surface area contributed by atoms with Crippen LogP contribution in [0.2, 0.25) is 0 Å². The lowest BCUT2D eigenvalue weighted by Gasteiger charge is -2.29. The number of aliphatic carboxylic acids is 1. The van der Waals surface area contributed by atoms with Gasteiger partial charge in [-0.3, -0.25) is 9.69 Å². The second kappa shape index (κ2) is 5.69. The Morgan fingerprint density at radius 1 is 1.58 bits per heavy atom. The summed E-state index contributed by atoms with van der Waals surface area (Å²) in [6.07, 6.45) is 4.50. The minimum Gasteiger partial charge on any atom is -0.480 e. The van der Waals surface area contributed by atoms with Gasteiger partial charge < -0.3 is 9.63 Å². The Morgan fingerprint density at radius 2 is 2.37 bits per heavy atom. The molecule has 1 aromatic heterocycles. The fourth-order valence-corrected chi connectivity index (χ4v) is 2.47. The fraction of sp³-hybridized carbons (Fsp3) is 0.769. The first-order valence-electron chi connectivity index (χ1n) is 6.86. The van der Waals surface area contributed by atoms with Gasteiger partial charge in [-0.2, -0.15) is 4.98 Å². The van der Waals surface area contributed by atoms with Gasteiger partial charge in [0.1, 0.15) is 5.54 Å². The standard InChI is InChI=1S/C13H21N3O3/c1-3-4-6-10-14-11(19-15-10)9-16-8-5-7-13(16,2)12(17)18/h3-9H2,1-2H3,(H,17,18). The predicted octanol–water partition coefficient (Wildman–Crippen LogP) is 1.85. The van der Waals surface area contributed by atoms with E-state index in [0.717, 1.165) is 32.2 Å². The van der Waals surface area contributed by atoms with Crippen LogP contribution in [0.1, 0.15) is 51.2 Å². The molecule has 0 bridgehead atoms. The number of nitrogens with zero attached hydrogens (tertiary/aromatic N) is 3. The van der Waals surface area contributed by atoms with Crippen molar-refractivity contribution >= 4 is 5.97 Å². The summed E-state index contributed by atoms with van der Waals surface area (Å²) < 4.78 is 5.20. The van der Waals surface area contributed by atoms with Crippen LogP contribution in [0, 0.1) is 0 Å². The molecule has 19 heavy (non-hydrogen) atoms. The van der Waals surface area contributed by atoms with E-state index in [9.17, 15) is 9.90 Å². The number of rotatable bonds is 6. The Labute approximate surface area is 112 Å². The number of carbonyl (C=O) groups is 1. The van der Waals surface area contributed by atoms with Crippen molar-refractivity contribution in [1.82, 2.24) is 15.0 Å². The van der Waals surface area contributed by atoms with Crippen molar-refractivity contribution in [1.29, 1.82) is 0 Å². The van der Waals surface area contributed by atoms with E-state index >= 15 is 0 Å². The van der Waals surface area contributed by atoms with Gasteiger partial charge in [0.25, 0.3) is 0 Å². The van der Waals surface area contributed by atoms with Gasteiger partial charge in [0, 0.05) is 6.42 Å². The molecule has 1 atom stereocenters.